The van der Waals surface area contributed by atoms with Gasteiger partial charge in [-0.05, 0) is 29.9 Å². The highest BCUT2D eigenvalue weighted by atomic mass is 16.1. The van der Waals surface area contributed by atoms with Crippen LogP contribution in [0, 0.1) is 5.92 Å². The first-order valence-corrected chi connectivity index (χ1v) is 6.94. The van der Waals surface area contributed by atoms with Crippen LogP contribution in [-0.2, 0) is 6.42 Å². The molecule has 0 heterocycles. The average Bonchev–Trinajstić information content (AvgIpc) is 2.48. The van der Waals surface area contributed by atoms with Crippen LogP contribution >= 0.6 is 0 Å². The summed E-state index contributed by atoms with van der Waals surface area (Å²) in [7, 11) is 0. The molecule has 0 fully saturated rings. The molecule has 0 spiro atoms. The van der Waals surface area contributed by atoms with Crippen LogP contribution in [-0.4, -0.2) is 5.78 Å². The van der Waals surface area contributed by atoms with Gasteiger partial charge in [0.1, 0.15) is 0 Å². The highest BCUT2D eigenvalue weighted by molar-refractivity contribution is 6.00. The second kappa shape index (κ2) is 5.00. The number of Topliss-reactive ketones (excluding diaryl/α,β-unsaturated/α-hetero) is 1. The molecule has 0 N–H and O–H groups in total. The van der Waals surface area contributed by atoms with E-state index in [4.69, 9.17) is 0 Å². The summed E-state index contributed by atoms with van der Waals surface area (Å²) >= 11 is 0. The topological polar surface area (TPSA) is 17.1 Å². The Morgan fingerprint density at radius 2 is 1.68 bits per heavy atom. The van der Waals surface area contributed by atoms with Crippen molar-refractivity contribution in [3.05, 3.63) is 71.3 Å². The third kappa shape index (κ3) is 2.21. The molecule has 2 aromatic carbocycles. The summed E-state index contributed by atoms with van der Waals surface area (Å²) in [5.41, 5.74) is 3.41. The van der Waals surface area contributed by atoms with Crippen LogP contribution in [0.15, 0.2) is 54.6 Å². The maximum absolute atomic E-state index is 12.6. The Balaban J connectivity index is 1.90. The van der Waals surface area contributed by atoms with Gasteiger partial charge in [-0.3, -0.25) is 4.79 Å². The summed E-state index contributed by atoms with van der Waals surface area (Å²) in [6.45, 7) is 2.17. The quantitative estimate of drug-likeness (QED) is 0.779. The Bertz CT molecular complexity index is 586. The maximum atomic E-state index is 12.6. The lowest BCUT2D eigenvalue weighted by Gasteiger charge is -2.28. The maximum Gasteiger partial charge on any atom is 0.166 e. The molecule has 1 aliphatic carbocycles. The molecule has 0 amide bonds. The molecule has 0 bridgehead atoms. The summed E-state index contributed by atoms with van der Waals surface area (Å²) in [6, 6.07) is 18.4. The lowest BCUT2D eigenvalue weighted by molar-refractivity contribution is 0.0884. The van der Waals surface area contributed by atoms with E-state index in [0.29, 0.717) is 11.7 Å². The molecule has 96 valence electrons. The number of aryl methyl sites for hydroxylation is 1. The van der Waals surface area contributed by atoms with Crippen LogP contribution in [0.25, 0.3) is 0 Å². The van der Waals surface area contributed by atoms with Gasteiger partial charge in [0.05, 0.1) is 0 Å². The number of rotatable bonds is 2. The molecule has 1 aliphatic rings. The lowest BCUT2D eigenvalue weighted by atomic mass is 9.74. The number of benzene rings is 2. The van der Waals surface area contributed by atoms with E-state index >= 15 is 0 Å². The summed E-state index contributed by atoms with van der Waals surface area (Å²) in [4.78, 5) is 12.6. The van der Waals surface area contributed by atoms with Crippen molar-refractivity contribution in [3.8, 4) is 0 Å². The number of ketones is 1. The van der Waals surface area contributed by atoms with Crippen LogP contribution in [0.5, 0.6) is 0 Å². The van der Waals surface area contributed by atoms with E-state index in [2.05, 4.69) is 25.1 Å². The van der Waals surface area contributed by atoms with E-state index in [1.807, 2.05) is 36.4 Å². The van der Waals surface area contributed by atoms with Crippen molar-refractivity contribution < 1.29 is 4.79 Å². The van der Waals surface area contributed by atoms with E-state index in [9.17, 15) is 4.79 Å². The first-order chi connectivity index (χ1) is 9.27. The highest BCUT2D eigenvalue weighted by Gasteiger charge is 2.31. The Morgan fingerprint density at radius 3 is 2.47 bits per heavy atom. The zero-order valence-electron chi connectivity index (χ0n) is 11.2. The van der Waals surface area contributed by atoms with Crippen molar-refractivity contribution in [2.45, 2.75) is 25.7 Å². The number of carbonyl (C=O) groups is 1. The standard InChI is InChI=1S/C18H18O/c1-13(14-7-3-2-4-8-14)16-12-11-15-9-5-6-10-17(15)18(16)19/h2-10,13,16H,11-12H2,1H3. The third-order valence-electron chi connectivity index (χ3n) is 4.27. The van der Waals surface area contributed by atoms with Crippen molar-refractivity contribution in [1.29, 1.82) is 0 Å². The van der Waals surface area contributed by atoms with Gasteiger partial charge in [0.15, 0.2) is 5.78 Å². The van der Waals surface area contributed by atoms with E-state index in [1.165, 1.54) is 11.1 Å². The first kappa shape index (κ1) is 12.2. The molecule has 0 aliphatic heterocycles. The van der Waals surface area contributed by atoms with Crippen molar-refractivity contribution >= 4 is 5.78 Å². The Hall–Kier alpha value is -1.89. The van der Waals surface area contributed by atoms with E-state index < -0.39 is 0 Å². The van der Waals surface area contributed by atoms with Gasteiger partial charge in [0, 0.05) is 11.5 Å². The van der Waals surface area contributed by atoms with Gasteiger partial charge in [0.2, 0.25) is 0 Å². The number of carbonyl (C=O) groups excluding carboxylic acids is 1. The molecule has 0 saturated carbocycles. The minimum Gasteiger partial charge on any atom is -0.294 e. The average molecular weight is 250 g/mol. The fourth-order valence-corrected chi connectivity index (χ4v) is 3.09. The number of hydrogen-bond acceptors (Lipinski definition) is 1. The smallest absolute Gasteiger partial charge is 0.166 e. The minimum atomic E-state index is 0.122. The molecule has 0 saturated heterocycles. The lowest BCUT2D eigenvalue weighted by Crippen LogP contribution is -2.26. The van der Waals surface area contributed by atoms with Crippen molar-refractivity contribution in [3.63, 3.8) is 0 Å². The normalized spacial score (nSPS) is 19.8. The predicted octanol–water partition coefficient (Wildman–Crippen LogP) is 4.24. The molecule has 2 aromatic rings. The summed E-state index contributed by atoms with van der Waals surface area (Å²) < 4.78 is 0. The summed E-state index contributed by atoms with van der Waals surface area (Å²) in [6.07, 6.45) is 1.98. The third-order valence-corrected chi connectivity index (χ3v) is 4.27. The zero-order chi connectivity index (χ0) is 13.2. The van der Waals surface area contributed by atoms with Gasteiger partial charge in [-0.15, -0.1) is 0 Å². The fourth-order valence-electron chi connectivity index (χ4n) is 3.09. The summed E-state index contributed by atoms with van der Waals surface area (Å²) in [5, 5.41) is 0. The SMILES string of the molecule is CC(c1ccccc1)C1CCc2ccccc2C1=O. The fraction of sp³-hybridized carbons (Fsp3) is 0.278. The van der Waals surface area contributed by atoms with Gasteiger partial charge in [-0.1, -0.05) is 61.5 Å². The van der Waals surface area contributed by atoms with Crippen LogP contribution in [0.1, 0.15) is 40.7 Å². The van der Waals surface area contributed by atoms with Gasteiger partial charge in [0.25, 0.3) is 0 Å². The van der Waals surface area contributed by atoms with Crippen LogP contribution in [0.3, 0.4) is 0 Å². The Kier molecular flexibility index (Phi) is 3.20. The van der Waals surface area contributed by atoms with Gasteiger partial charge >= 0.3 is 0 Å². The molecule has 2 unspecified atom stereocenters. The largest absolute Gasteiger partial charge is 0.294 e. The molecule has 1 nitrogen and oxygen atoms in total. The highest BCUT2D eigenvalue weighted by Crippen LogP contribution is 2.35. The minimum absolute atomic E-state index is 0.122. The summed E-state index contributed by atoms with van der Waals surface area (Å²) in [5.74, 6) is 0.734. The second-order valence-electron chi connectivity index (χ2n) is 5.37. The van der Waals surface area contributed by atoms with Crippen LogP contribution in [0.2, 0.25) is 0 Å². The monoisotopic (exact) mass is 250 g/mol. The van der Waals surface area contributed by atoms with Crippen molar-refractivity contribution in [2.24, 2.45) is 5.92 Å². The molecule has 1 heteroatoms. The van der Waals surface area contributed by atoms with Gasteiger partial charge in [-0.2, -0.15) is 0 Å². The number of hydrogen-bond donors (Lipinski definition) is 0. The van der Waals surface area contributed by atoms with E-state index in [-0.39, 0.29) is 5.92 Å². The zero-order valence-corrected chi connectivity index (χ0v) is 11.2. The molecule has 19 heavy (non-hydrogen) atoms. The van der Waals surface area contributed by atoms with Crippen LogP contribution < -0.4 is 0 Å². The second-order valence-corrected chi connectivity index (χ2v) is 5.37. The predicted molar refractivity (Wildman–Crippen MR) is 77.4 cm³/mol. The molecule has 3 rings (SSSR count). The molecular weight excluding hydrogens is 232 g/mol. The van der Waals surface area contributed by atoms with Gasteiger partial charge in [-0.25, -0.2) is 0 Å². The van der Waals surface area contributed by atoms with Crippen LogP contribution in [0.4, 0.5) is 0 Å². The van der Waals surface area contributed by atoms with E-state index in [0.717, 1.165) is 18.4 Å². The Labute approximate surface area is 114 Å². The Morgan fingerprint density at radius 1 is 1.00 bits per heavy atom. The number of fused-ring (bicyclic) bond motifs is 1. The molecule has 2 atom stereocenters. The molecule has 0 aromatic heterocycles. The molecular formula is C18H18O. The van der Waals surface area contributed by atoms with E-state index in [1.54, 1.807) is 0 Å². The van der Waals surface area contributed by atoms with Crippen molar-refractivity contribution in [1.82, 2.24) is 0 Å². The molecule has 0 radical (unpaired) electrons. The first-order valence-electron chi connectivity index (χ1n) is 6.94. The van der Waals surface area contributed by atoms with Gasteiger partial charge < -0.3 is 0 Å². The van der Waals surface area contributed by atoms with Crippen molar-refractivity contribution in [2.75, 3.05) is 0 Å².